The Kier molecular flexibility index (Phi) is 6.69. The second kappa shape index (κ2) is 9.40. The van der Waals surface area contributed by atoms with E-state index in [1.807, 2.05) is 42.5 Å². The molecule has 1 unspecified atom stereocenters. The lowest BCUT2D eigenvalue weighted by Crippen LogP contribution is -2.21. The standard InChI is InChI=1S/C24H26O4/c1-17-4-3-5-19(12-17)15-27-23-10-11-24(18(2)13-23)20-6-8-22(9-7-20)28-16-21(26)14-25/h3-13,21,25-26H,14-16H2,1-2H3. The van der Waals surface area contributed by atoms with Gasteiger partial charge in [0.15, 0.2) is 0 Å². The zero-order chi connectivity index (χ0) is 19.9. The number of ether oxygens (including phenoxy) is 2. The molecule has 0 saturated carbocycles. The Bertz CT molecular complexity index is 903. The van der Waals surface area contributed by atoms with E-state index >= 15 is 0 Å². The molecule has 0 radical (unpaired) electrons. The summed E-state index contributed by atoms with van der Waals surface area (Å²) in [5.41, 5.74) is 5.73. The smallest absolute Gasteiger partial charge is 0.120 e. The summed E-state index contributed by atoms with van der Waals surface area (Å²) in [4.78, 5) is 0. The first kappa shape index (κ1) is 19.9. The number of hydrogen-bond acceptors (Lipinski definition) is 4. The average molecular weight is 378 g/mol. The second-order valence-corrected chi connectivity index (χ2v) is 6.93. The van der Waals surface area contributed by atoms with Crippen molar-refractivity contribution in [3.05, 3.63) is 83.4 Å². The van der Waals surface area contributed by atoms with Crippen LogP contribution in [0, 0.1) is 13.8 Å². The molecule has 0 amide bonds. The Hall–Kier alpha value is -2.82. The van der Waals surface area contributed by atoms with Gasteiger partial charge in [-0.15, -0.1) is 0 Å². The van der Waals surface area contributed by atoms with E-state index in [4.69, 9.17) is 14.6 Å². The average Bonchev–Trinajstić information content (AvgIpc) is 2.71. The molecule has 2 N–H and O–H groups in total. The molecule has 0 bridgehead atoms. The van der Waals surface area contributed by atoms with Crippen molar-refractivity contribution in [2.45, 2.75) is 26.6 Å². The Morgan fingerprint density at radius 1 is 0.857 bits per heavy atom. The van der Waals surface area contributed by atoms with Crippen molar-refractivity contribution in [2.75, 3.05) is 13.2 Å². The van der Waals surface area contributed by atoms with Gasteiger partial charge in [-0.2, -0.15) is 0 Å². The normalized spacial score (nSPS) is 11.9. The predicted molar refractivity (Wildman–Crippen MR) is 111 cm³/mol. The van der Waals surface area contributed by atoms with Crippen LogP contribution < -0.4 is 9.47 Å². The zero-order valence-electron chi connectivity index (χ0n) is 16.3. The van der Waals surface area contributed by atoms with Crippen LogP contribution in [-0.4, -0.2) is 29.5 Å². The van der Waals surface area contributed by atoms with Gasteiger partial charge in [0.2, 0.25) is 0 Å². The van der Waals surface area contributed by atoms with Gasteiger partial charge in [-0.05, 0) is 60.4 Å². The van der Waals surface area contributed by atoms with Crippen molar-refractivity contribution in [2.24, 2.45) is 0 Å². The summed E-state index contributed by atoms with van der Waals surface area (Å²) in [5, 5.41) is 18.2. The number of aryl methyl sites for hydroxylation is 2. The fourth-order valence-corrected chi connectivity index (χ4v) is 2.99. The number of aliphatic hydroxyl groups excluding tert-OH is 2. The van der Waals surface area contributed by atoms with Gasteiger partial charge in [0.05, 0.1) is 6.61 Å². The molecule has 0 spiro atoms. The van der Waals surface area contributed by atoms with Crippen LogP contribution in [0.25, 0.3) is 11.1 Å². The van der Waals surface area contributed by atoms with Gasteiger partial charge >= 0.3 is 0 Å². The van der Waals surface area contributed by atoms with Crippen LogP contribution in [0.4, 0.5) is 0 Å². The Morgan fingerprint density at radius 2 is 1.61 bits per heavy atom. The third-order valence-corrected chi connectivity index (χ3v) is 4.50. The topological polar surface area (TPSA) is 58.9 Å². The molecule has 3 aromatic rings. The maximum Gasteiger partial charge on any atom is 0.120 e. The van der Waals surface area contributed by atoms with Crippen molar-refractivity contribution in [3.63, 3.8) is 0 Å². The molecule has 0 fully saturated rings. The Morgan fingerprint density at radius 3 is 2.29 bits per heavy atom. The monoisotopic (exact) mass is 378 g/mol. The molecule has 0 aliphatic carbocycles. The van der Waals surface area contributed by atoms with Crippen LogP contribution in [-0.2, 0) is 6.61 Å². The van der Waals surface area contributed by atoms with Crippen LogP contribution in [0.3, 0.4) is 0 Å². The molecular formula is C24H26O4. The summed E-state index contributed by atoms with van der Waals surface area (Å²) in [6.45, 7) is 4.45. The first-order valence-electron chi connectivity index (χ1n) is 9.36. The summed E-state index contributed by atoms with van der Waals surface area (Å²) in [5.74, 6) is 1.51. The molecule has 0 aliphatic rings. The van der Waals surface area contributed by atoms with Gasteiger partial charge in [0.25, 0.3) is 0 Å². The minimum absolute atomic E-state index is 0.0713. The van der Waals surface area contributed by atoms with E-state index in [2.05, 4.69) is 38.1 Å². The molecule has 4 heteroatoms. The maximum absolute atomic E-state index is 9.36. The Labute approximate surface area is 166 Å². The number of benzene rings is 3. The van der Waals surface area contributed by atoms with E-state index in [1.165, 1.54) is 5.56 Å². The molecule has 0 saturated heterocycles. The van der Waals surface area contributed by atoms with Gasteiger partial charge in [-0.3, -0.25) is 0 Å². The molecule has 4 nitrogen and oxygen atoms in total. The van der Waals surface area contributed by atoms with Crippen molar-refractivity contribution in [3.8, 4) is 22.6 Å². The highest BCUT2D eigenvalue weighted by Gasteiger charge is 2.06. The molecule has 3 aromatic carbocycles. The summed E-state index contributed by atoms with van der Waals surface area (Å²) in [6.07, 6.45) is -0.866. The lowest BCUT2D eigenvalue weighted by atomic mass is 10.0. The fourth-order valence-electron chi connectivity index (χ4n) is 2.99. The number of rotatable bonds is 8. The van der Waals surface area contributed by atoms with E-state index in [0.29, 0.717) is 12.4 Å². The minimum atomic E-state index is -0.866. The molecule has 0 heterocycles. The summed E-state index contributed by atoms with van der Waals surface area (Å²) in [6, 6.07) is 22.1. The zero-order valence-corrected chi connectivity index (χ0v) is 16.3. The summed E-state index contributed by atoms with van der Waals surface area (Å²) < 4.78 is 11.4. The van der Waals surface area contributed by atoms with Gasteiger partial charge in [-0.25, -0.2) is 0 Å². The quantitative estimate of drug-likeness (QED) is 0.614. The third kappa shape index (κ3) is 5.35. The molecular weight excluding hydrogens is 352 g/mol. The highest BCUT2D eigenvalue weighted by atomic mass is 16.5. The lowest BCUT2D eigenvalue weighted by Gasteiger charge is -2.12. The van der Waals surface area contributed by atoms with Crippen LogP contribution in [0.15, 0.2) is 66.7 Å². The van der Waals surface area contributed by atoms with E-state index in [1.54, 1.807) is 0 Å². The van der Waals surface area contributed by atoms with Crippen LogP contribution in [0.2, 0.25) is 0 Å². The molecule has 3 rings (SSSR count). The van der Waals surface area contributed by atoms with Crippen molar-refractivity contribution < 1.29 is 19.7 Å². The molecule has 0 aromatic heterocycles. The number of hydrogen-bond donors (Lipinski definition) is 2. The SMILES string of the molecule is Cc1cccc(COc2ccc(-c3ccc(OCC(O)CO)cc3)c(C)c2)c1. The number of aliphatic hydroxyl groups is 2. The van der Waals surface area contributed by atoms with E-state index < -0.39 is 6.10 Å². The van der Waals surface area contributed by atoms with Crippen LogP contribution in [0.5, 0.6) is 11.5 Å². The summed E-state index contributed by atoms with van der Waals surface area (Å²) in [7, 11) is 0. The first-order valence-corrected chi connectivity index (χ1v) is 9.36. The first-order chi connectivity index (χ1) is 13.5. The molecule has 146 valence electrons. The van der Waals surface area contributed by atoms with Gasteiger partial charge in [0, 0.05) is 0 Å². The van der Waals surface area contributed by atoms with Gasteiger partial charge in [-0.1, -0.05) is 48.0 Å². The van der Waals surface area contributed by atoms with Gasteiger partial charge in [0.1, 0.15) is 30.8 Å². The van der Waals surface area contributed by atoms with Crippen LogP contribution >= 0.6 is 0 Å². The van der Waals surface area contributed by atoms with E-state index in [0.717, 1.165) is 28.0 Å². The Balaban J connectivity index is 1.65. The van der Waals surface area contributed by atoms with Crippen LogP contribution in [0.1, 0.15) is 16.7 Å². The van der Waals surface area contributed by atoms with E-state index in [9.17, 15) is 5.11 Å². The predicted octanol–water partition coefficient (Wildman–Crippen LogP) is 4.28. The van der Waals surface area contributed by atoms with E-state index in [-0.39, 0.29) is 13.2 Å². The molecule has 28 heavy (non-hydrogen) atoms. The van der Waals surface area contributed by atoms with Gasteiger partial charge < -0.3 is 19.7 Å². The third-order valence-electron chi connectivity index (χ3n) is 4.50. The minimum Gasteiger partial charge on any atom is -0.491 e. The largest absolute Gasteiger partial charge is 0.491 e. The summed E-state index contributed by atoms with van der Waals surface area (Å²) >= 11 is 0. The highest BCUT2D eigenvalue weighted by molar-refractivity contribution is 5.68. The second-order valence-electron chi connectivity index (χ2n) is 6.93. The molecule has 0 aliphatic heterocycles. The van der Waals surface area contributed by atoms with Crippen molar-refractivity contribution in [1.82, 2.24) is 0 Å². The van der Waals surface area contributed by atoms with Crippen molar-refractivity contribution in [1.29, 1.82) is 0 Å². The molecule has 1 atom stereocenters. The highest BCUT2D eigenvalue weighted by Crippen LogP contribution is 2.28. The lowest BCUT2D eigenvalue weighted by molar-refractivity contribution is 0.0536. The van der Waals surface area contributed by atoms with Crippen molar-refractivity contribution >= 4 is 0 Å². The fraction of sp³-hybridized carbons (Fsp3) is 0.250. The maximum atomic E-state index is 9.36.